The summed E-state index contributed by atoms with van der Waals surface area (Å²) in [6.07, 6.45) is 1.31. The molecule has 0 saturated heterocycles. The number of para-hydroxylation sites is 1. The molecule has 2 atom stereocenters. The zero-order valence-electron chi connectivity index (χ0n) is 15.5. The molecule has 0 radical (unpaired) electrons. The Morgan fingerprint density at radius 3 is 2.32 bits per heavy atom. The molecule has 0 spiro atoms. The summed E-state index contributed by atoms with van der Waals surface area (Å²) in [5, 5.41) is 22.3. The molecule has 0 bridgehead atoms. The van der Waals surface area contributed by atoms with Crippen LogP contribution in [0.3, 0.4) is 0 Å². The summed E-state index contributed by atoms with van der Waals surface area (Å²) in [6.45, 7) is 0. The number of aliphatic hydroxyl groups is 1. The van der Waals surface area contributed by atoms with Crippen molar-refractivity contribution in [3.05, 3.63) is 90.0 Å². The lowest BCUT2D eigenvalue weighted by atomic mass is 9.80. The number of hydrogen-bond donors (Lipinski definition) is 2. The molecule has 1 aliphatic carbocycles. The van der Waals surface area contributed by atoms with Gasteiger partial charge in [-0.25, -0.2) is 0 Å². The van der Waals surface area contributed by atoms with Crippen LogP contribution in [0.5, 0.6) is 0 Å². The Balaban J connectivity index is 1.62. The monoisotopic (exact) mass is 363 g/mol. The molecule has 0 amide bonds. The zero-order valence-corrected chi connectivity index (χ0v) is 15.5. The molecule has 136 valence electrons. The zero-order chi connectivity index (χ0) is 18.7. The van der Waals surface area contributed by atoms with Crippen molar-refractivity contribution < 1.29 is 5.11 Å². The van der Waals surface area contributed by atoms with Gasteiger partial charge in [-0.1, -0.05) is 60.7 Å². The van der Waals surface area contributed by atoms with Crippen LogP contribution >= 0.6 is 0 Å². The fourth-order valence-corrected chi connectivity index (χ4v) is 5.00. The number of fused-ring (bicyclic) bond motifs is 2. The van der Waals surface area contributed by atoms with Crippen molar-refractivity contribution in [1.82, 2.24) is 0 Å². The van der Waals surface area contributed by atoms with E-state index in [2.05, 4.69) is 66.0 Å². The van der Waals surface area contributed by atoms with E-state index in [4.69, 9.17) is 0 Å². The predicted molar refractivity (Wildman–Crippen MR) is 117 cm³/mol. The summed E-state index contributed by atoms with van der Waals surface area (Å²) in [4.78, 5) is 0. The molecule has 5 aromatic rings. The van der Waals surface area contributed by atoms with Crippen LogP contribution in [0.2, 0.25) is 0 Å². The maximum Gasteiger partial charge on any atom is 0.0786 e. The minimum Gasteiger partial charge on any atom is -0.391 e. The van der Waals surface area contributed by atoms with E-state index in [1.54, 1.807) is 0 Å². The molecule has 0 unspecified atom stereocenters. The van der Waals surface area contributed by atoms with Gasteiger partial charge < -0.3 is 10.4 Å². The minimum absolute atomic E-state index is 0.0898. The number of aliphatic hydroxyl groups excluding tert-OH is 1. The number of aryl methyl sites for hydroxylation is 1. The third-order valence-electron chi connectivity index (χ3n) is 6.30. The molecule has 28 heavy (non-hydrogen) atoms. The molecule has 0 aromatic heterocycles. The maximum absolute atomic E-state index is 10.8. The van der Waals surface area contributed by atoms with Gasteiger partial charge in [-0.15, -0.1) is 0 Å². The first-order valence-electron chi connectivity index (χ1n) is 9.98. The van der Waals surface area contributed by atoms with Crippen LogP contribution in [0, 0.1) is 0 Å². The SMILES string of the molecule is O[C@H]1CCc2c(cc3ccc4cccc5ccc2c3c45)[C@H]1Nc1ccccc1. The average molecular weight is 363 g/mol. The van der Waals surface area contributed by atoms with E-state index in [0.717, 1.165) is 18.5 Å². The fraction of sp³-hybridized carbons (Fsp3) is 0.154. The summed E-state index contributed by atoms with van der Waals surface area (Å²) in [6, 6.07) is 27.9. The van der Waals surface area contributed by atoms with Crippen LogP contribution in [0.15, 0.2) is 78.9 Å². The molecule has 2 N–H and O–H groups in total. The Bertz CT molecular complexity index is 1290. The first kappa shape index (κ1) is 15.9. The Labute approximate surface area is 163 Å². The smallest absolute Gasteiger partial charge is 0.0786 e. The number of hydrogen-bond acceptors (Lipinski definition) is 2. The quantitative estimate of drug-likeness (QED) is 0.375. The third-order valence-corrected chi connectivity index (χ3v) is 6.30. The highest BCUT2D eigenvalue weighted by atomic mass is 16.3. The number of anilines is 1. The van der Waals surface area contributed by atoms with Gasteiger partial charge in [0.2, 0.25) is 0 Å². The molecule has 2 nitrogen and oxygen atoms in total. The first-order chi connectivity index (χ1) is 13.8. The number of rotatable bonds is 2. The molecule has 6 rings (SSSR count). The molecule has 0 fully saturated rings. The van der Waals surface area contributed by atoms with Crippen molar-refractivity contribution in [2.24, 2.45) is 0 Å². The predicted octanol–water partition coefficient (Wildman–Crippen LogP) is 6.04. The molecule has 2 heteroatoms. The lowest BCUT2D eigenvalue weighted by molar-refractivity contribution is 0.136. The van der Waals surface area contributed by atoms with Gasteiger partial charge in [0.15, 0.2) is 0 Å². The van der Waals surface area contributed by atoms with Gasteiger partial charge in [0.05, 0.1) is 12.1 Å². The van der Waals surface area contributed by atoms with Crippen molar-refractivity contribution >= 4 is 38.0 Å². The van der Waals surface area contributed by atoms with Crippen LogP contribution in [-0.2, 0) is 6.42 Å². The molecular formula is C26H21NO. The van der Waals surface area contributed by atoms with Crippen molar-refractivity contribution in [3.63, 3.8) is 0 Å². The van der Waals surface area contributed by atoms with E-state index in [9.17, 15) is 5.11 Å². The summed E-state index contributed by atoms with van der Waals surface area (Å²) in [7, 11) is 0. The van der Waals surface area contributed by atoms with Crippen molar-refractivity contribution in [2.45, 2.75) is 25.0 Å². The Kier molecular flexibility index (Phi) is 3.38. The Morgan fingerprint density at radius 2 is 1.50 bits per heavy atom. The summed E-state index contributed by atoms with van der Waals surface area (Å²) in [5.74, 6) is 0. The standard InChI is InChI=1S/C26H21NO/c28-23-14-13-20-21-12-11-17-6-4-5-16-9-10-18(25(21)24(16)17)15-22(20)26(23)27-19-7-2-1-3-8-19/h1-12,15,23,26-28H,13-14H2/t23-,26+/m0/s1. The van der Waals surface area contributed by atoms with Crippen molar-refractivity contribution in [1.29, 1.82) is 0 Å². The van der Waals surface area contributed by atoms with Crippen LogP contribution in [0.1, 0.15) is 23.6 Å². The summed E-state index contributed by atoms with van der Waals surface area (Å²) < 4.78 is 0. The number of benzene rings is 5. The topological polar surface area (TPSA) is 32.3 Å². The van der Waals surface area contributed by atoms with E-state index < -0.39 is 0 Å². The highest BCUT2D eigenvalue weighted by Gasteiger charge is 2.30. The van der Waals surface area contributed by atoms with E-state index in [1.807, 2.05) is 18.2 Å². The van der Waals surface area contributed by atoms with Gasteiger partial charge in [0.25, 0.3) is 0 Å². The Hall–Kier alpha value is -3.10. The molecule has 0 heterocycles. The summed E-state index contributed by atoms with van der Waals surface area (Å²) >= 11 is 0. The second-order valence-electron chi connectivity index (χ2n) is 7.89. The molecular weight excluding hydrogens is 342 g/mol. The molecule has 0 aliphatic heterocycles. The fourth-order valence-electron chi connectivity index (χ4n) is 5.00. The van der Waals surface area contributed by atoms with E-state index >= 15 is 0 Å². The second-order valence-corrected chi connectivity index (χ2v) is 7.89. The normalized spacial score (nSPS) is 19.3. The van der Waals surface area contributed by atoms with Crippen LogP contribution in [-0.4, -0.2) is 11.2 Å². The van der Waals surface area contributed by atoms with Crippen LogP contribution < -0.4 is 5.32 Å². The second kappa shape index (κ2) is 5.95. The Morgan fingerprint density at radius 1 is 0.750 bits per heavy atom. The van der Waals surface area contributed by atoms with Gasteiger partial charge in [-0.3, -0.25) is 0 Å². The molecule has 5 aromatic carbocycles. The van der Waals surface area contributed by atoms with Crippen molar-refractivity contribution in [3.8, 4) is 0 Å². The highest BCUT2D eigenvalue weighted by molar-refractivity contribution is 6.23. The van der Waals surface area contributed by atoms with Gasteiger partial charge >= 0.3 is 0 Å². The lowest BCUT2D eigenvalue weighted by Crippen LogP contribution is -2.31. The van der Waals surface area contributed by atoms with Crippen molar-refractivity contribution in [2.75, 3.05) is 5.32 Å². The maximum atomic E-state index is 10.8. The van der Waals surface area contributed by atoms with Gasteiger partial charge in [-0.2, -0.15) is 0 Å². The highest BCUT2D eigenvalue weighted by Crippen LogP contribution is 2.42. The van der Waals surface area contributed by atoms with Gasteiger partial charge in [-0.05, 0) is 74.5 Å². The van der Waals surface area contributed by atoms with E-state index in [-0.39, 0.29) is 12.1 Å². The van der Waals surface area contributed by atoms with Crippen LogP contribution in [0.25, 0.3) is 32.3 Å². The molecule has 1 aliphatic rings. The minimum atomic E-state index is -0.388. The van der Waals surface area contributed by atoms with Gasteiger partial charge in [0.1, 0.15) is 0 Å². The van der Waals surface area contributed by atoms with Crippen LogP contribution in [0.4, 0.5) is 5.69 Å². The van der Waals surface area contributed by atoms with Gasteiger partial charge in [0, 0.05) is 5.69 Å². The largest absolute Gasteiger partial charge is 0.391 e. The lowest BCUT2D eigenvalue weighted by Gasteiger charge is -2.33. The third kappa shape index (κ3) is 2.25. The molecule has 0 saturated carbocycles. The average Bonchev–Trinajstić information content (AvgIpc) is 2.74. The van der Waals surface area contributed by atoms with E-state index in [0.29, 0.717) is 0 Å². The van der Waals surface area contributed by atoms with E-state index in [1.165, 1.54) is 43.4 Å². The number of nitrogens with one attached hydrogen (secondary N) is 1. The first-order valence-corrected chi connectivity index (χ1v) is 9.98. The summed E-state index contributed by atoms with van der Waals surface area (Å²) in [5.41, 5.74) is 3.66.